The number of carbonyl (C=O) groups excluding carboxylic acids is 3. The molecule has 2 aliphatic heterocycles. The number of nitrogens with one attached hydrogen (secondary N) is 1. The third-order valence-electron chi connectivity index (χ3n) is 5.85. The van der Waals surface area contributed by atoms with Gasteiger partial charge < -0.3 is 19.9 Å². The standard InChI is InChI=1S/C22H31N3O4/c1-16(21(28)23-12-6-13-24(2)3)25-14-11-22(10-9-20(25)27)15-18(26)17-7-4-5-8-19(17)29-22/h4-5,7-8,16H,6,9-15H2,1-3H3,(H,23,28). The Bertz CT molecular complexity index is 779. The van der Waals surface area contributed by atoms with Gasteiger partial charge in [0, 0.05) is 25.9 Å². The number of para-hydroxylation sites is 1. The molecule has 1 spiro atoms. The average Bonchev–Trinajstić information content (AvgIpc) is 2.84. The first kappa shape index (κ1) is 21.3. The third kappa shape index (κ3) is 4.96. The summed E-state index contributed by atoms with van der Waals surface area (Å²) in [6.07, 6.45) is 2.43. The van der Waals surface area contributed by atoms with E-state index in [1.807, 2.05) is 32.3 Å². The molecule has 3 rings (SSSR count). The molecule has 0 saturated carbocycles. The Morgan fingerprint density at radius 2 is 2.03 bits per heavy atom. The molecule has 0 radical (unpaired) electrons. The molecular weight excluding hydrogens is 370 g/mol. The topological polar surface area (TPSA) is 79.0 Å². The van der Waals surface area contributed by atoms with Crippen LogP contribution in [0.5, 0.6) is 5.75 Å². The Kier molecular flexibility index (Phi) is 6.57. The number of rotatable bonds is 6. The fourth-order valence-electron chi connectivity index (χ4n) is 4.08. The zero-order valence-corrected chi connectivity index (χ0v) is 17.6. The monoisotopic (exact) mass is 401 g/mol. The number of nitrogens with zero attached hydrogens (tertiary/aromatic N) is 2. The molecule has 2 atom stereocenters. The maximum atomic E-state index is 12.7. The van der Waals surface area contributed by atoms with Crippen molar-refractivity contribution in [2.75, 3.05) is 33.7 Å². The molecule has 2 heterocycles. The van der Waals surface area contributed by atoms with Crippen molar-refractivity contribution in [1.29, 1.82) is 0 Å². The molecule has 0 aromatic heterocycles. The summed E-state index contributed by atoms with van der Waals surface area (Å²) in [7, 11) is 3.99. The summed E-state index contributed by atoms with van der Waals surface area (Å²) in [4.78, 5) is 41.6. The van der Waals surface area contributed by atoms with Gasteiger partial charge in [-0.15, -0.1) is 0 Å². The molecule has 1 saturated heterocycles. The van der Waals surface area contributed by atoms with E-state index in [0.717, 1.165) is 13.0 Å². The Balaban J connectivity index is 1.63. The van der Waals surface area contributed by atoms with Crippen LogP contribution in [0.1, 0.15) is 49.4 Å². The van der Waals surface area contributed by atoms with E-state index in [4.69, 9.17) is 4.74 Å². The molecule has 2 amide bonds. The van der Waals surface area contributed by atoms with E-state index in [1.165, 1.54) is 0 Å². The number of amides is 2. The minimum atomic E-state index is -0.669. The Labute approximate surface area is 172 Å². The third-order valence-corrected chi connectivity index (χ3v) is 5.85. The van der Waals surface area contributed by atoms with Crippen LogP contribution in [0.4, 0.5) is 0 Å². The van der Waals surface area contributed by atoms with Crippen molar-refractivity contribution in [2.45, 2.75) is 50.7 Å². The highest BCUT2D eigenvalue weighted by molar-refractivity contribution is 6.00. The summed E-state index contributed by atoms with van der Waals surface area (Å²) >= 11 is 0. The second-order valence-electron chi connectivity index (χ2n) is 8.34. The number of fused-ring (bicyclic) bond motifs is 1. The van der Waals surface area contributed by atoms with Crippen molar-refractivity contribution in [1.82, 2.24) is 15.1 Å². The fraction of sp³-hybridized carbons (Fsp3) is 0.591. The maximum Gasteiger partial charge on any atom is 0.242 e. The maximum absolute atomic E-state index is 12.7. The number of hydrogen-bond donors (Lipinski definition) is 1. The molecule has 7 heteroatoms. The van der Waals surface area contributed by atoms with Crippen LogP contribution in [0, 0.1) is 0 Å². The van der Waals surface area contributed by atoms with Crippen molar-refractivity contribution in [3.05, 3.63) is 29.8 Å². The Hall–Kier alpha value is -2.41. The number of ether oxygens (including phenoxy) is 1. The van der Waals surface area contributed by atoms with Crippen LogP contribution in [-0.2, 0) is 9.59 Å². The van der Waals surface area contributed by atoms with Gasteiger partial charge in [0.25, 0.3) is 0 Å². The first-order chi connectivity index (χ1) is 13.8. The second kappa shape index (κ2) is 8.95. The zero-order chi connectivity index (χ0) is 21.0. The van der Waals surface area contributed by atoms with Gasteiger partial charge in [-0.2, -0.15) is 0 Å². The summed E-state index contributed by atoms with van der Waals surface area (Å²) < 4.78 is 6.24. The van der Waals surface area contributed by atoms with Gasteiger partial charge in [0.15, 0.2) is 5.78 Å². The molecule has 0 aliphatic carbocycles. The number of hydrogen-bond acceptors (Lipinski definition) is 5. The lowest BCUT2D eigenvalue weighted by atomic mass is 9.84. The van der Waals surface area contributed by atoms with Gasteiger partial charge in [0.1, 0.15) is 17.4 Å². The van der Waals surface area contributed by atoms with Crippen LogP contribution in [0.15, 0.2) is 24.3 Å². The lowest BCUT2D eigenvalue weighted by Crippen LogP contribution is -2.49. The van der Waals surface area contributed by atoms with E-state index >= 15 is 0 Å². The van der Waals surface area contributed by atoms with E-state index in [1.54, 1.807) is 17.9 Å². The van der Waals surface area contributed by atoms with Gasteiger partial charge in [0.05, 0.1) is 12.0 Å². The van der Waals surface area contributed by atoms with Crippen molar-refractivity contribution in [3.8, 4) is 5.75 Å². The molecule has 1 N–H and O–H groups in total. The Morgan fingerprint density at radius 3 is 2.79 bits per heavy atom. The first-order valence-corrected chi connectivity index (χ1v) is 10.3. The minimum Gasteiger partial charge on any atom is -0.486 e. The van der Waals surface area contributed by atoms with Crippen LogP contribution >= 0.6 is 0 Å². The van der Waals surface area contributed by atoms with Crippen molar-refractivity contribution in [2.24, 2.45) is 0 Å². The lowest BCUT2D eigenvalue weighted by Gasteiger charge is -2.37. The van der Waals surface area contributed by atoms with Crippen LogP contribution < -0.4 is 10.1 Å². The quantitative estimate of drug-likeness (QED) is 0.736. The van der Waals surface area contributed by atoms with E-state index in [2.05, 4.69) is 10.2 Å². The summed E-state index contributed by atoms with van der Waals surface area (Å²) in [6, 6.07) is 6.73. The van der Waals surface area contributed by atoms with Crippen LogP contribution in [-0.4, -0.2) is 72.8 Å². The number of benzene rings is 1. The zero-order valence-electron chi connectivity index (χ0n) is 17.6. The first-order valence-electron chi connectivity index (χ1n) is 10.3. The van der Waals surface area contributed by atoms with E-state index in [9.17, 15) is 14.4 Å². The van der Waals surface area contributed by atoms with Crippen molar-refractivity contribution in [3.63, 3.8) is 0 Å². The van der Waals surface area contributed by atoms with Gasteiger partial charge >= 0.3 is 0 Å². The fourth-order valence-corrected chi connectivity index (χ4v) is 4.08. The molecule has 2 aliphatic rings. The summed E-state index contributed by atoms with van der Waals surface area (Å²) in [5.41, 5.74) is -0.0615. The minimum absolute atomic E-state index is 0.0550. The number of Topliss-reactive ketones (excluding diaryl/α,β-unsaturated/α-hetero) is 1. The summed E-state index contributed by atoms with van der Waals surface area (Å²) in [5.74, 6) is 0.447. The predicted octanol–water partition coefficient (Wildman–Crippen LogP) is 1.86. The summed E-state index contributed by atoms with van der Waals surface area (Å²) in [6.45, 7) is 3.65. The second-order valence-corrected chi connectivity index (χ2v) is 8.34. The van der Waals surface area contributed by atoms with Crippen LogP contribution in [0.3, 0.4) is 0 Å². The molecule has 0 bridgehead atoms. The Morgan fingerprint density at radius 1 is 1.28 bits per heavy atom. The molecular formula is C22H31N3O4. The molecule has 2 unspecified atom stereocenters. The van der Waals surface area contributed by atoms with E-state index in [-0.39, 0.29) is 30.4 Å². The van der Waals surface area contributed by atoms with Crippen LogP contribution in [0.2, 0.25) is 0 Å². The smallest absolute Gasteiger partial charge is 0.242 e. The van der Waals surface area contributed by atoms with E-state index < -0.39 is 11.6 Å². The van der Waals surface area contributed by atoms with Gasteiger partial charge in [-0.1, -0.05) is 12.1 Å². The normalized spacial score (nSPS) is 22.8. The van der Waals surface area contributed by atoms with Gasteiger partial charge in [-0.25, -0.2) is 0 Å². The molecule has 158 valence electrons. The molecule has 7 nitrogen and oxygen atoms in total. The molecule has 1 fully saturated rings. The summed E-state index contributed by atoms with van der Waals surface area (Å²) in [5, 5.41) is 2.92. The highest BCUT2D eigenvalue weighted by Gasteiger charge is 2.44. The van der Waals surface area contributed by atoms with Gasteiger partial charge in [-0.05, 0) is 52.5 Å². The average molecular weight is 402 g/mol. The molecule has 1 aromatic carbocycles. The number of carbonyl (C=O) groups is 3. The predicted molar refractivity (Wildman–Crippen MR) is 110 cm³/mol. The molecule has 29 heavy (non-hydrogen) atoms. The highest BCUT2D eigenvalue weighted by Crippen LogP contribution is 2.39. The number of likely N-dealkylation sites (tertiary alicyclic amines) is 1. The van der Waals surface area contributed by atoms with Crippen LogP contribution in [0.25, 0.3) is 0 Å². The van der Waals surface area contributed by atoms with Gasteiger partial charge in [-0.3, -0.25) is 14.4 Å². The SMILES string of the molecule is CC(C(=O)NCCCN(C)C)N1CCC2(CCC1=O)CC(=O)c1ccccc1O2. The van der Waals surface area contributed by atoms with E-state index in [0.29, 0.717) is 37.2 Å². The van der Waals surface area contributed by atoms with Gasteiger partial charge in [0.2, 0.25) is 11.8 Å². The molecule has 1 aromatic rings. The largest absolute Gasteiger partial charge is 0.486 e. The highest BCUT2D eigenvalue weighted by atomic mass is 16.5. The van der Waals surface area contributed by atoms with Crippen molar-refractivity contribution >= 4 is 17.6 Å². The van der Waals surface area contributed by atoms with Crippen molar-refractivity contribution < 1.29 is 19.1 Å². The number of ketones is 1. The lowest BCUT2D eigenvalue weighted by molar-refractivity contribution is -0.139.